The first-order valence-electron chi connectivity index (χ1n) is 9.56. The SMILES string of the molecule is CCOCCCNC(=O)c1ccc(NC(=O)CNc2ccc(C)cc2C)cc1. The number of hydrogen-bond acceptors (Lipinski definition) is 4. The quantitative estimate of drug-likeness (QED) is 0.549. The van der Waals surface area contributed by atoms with Gasteiger partial charge in [0, 0.05) is 36.7 Å². The Balaban J connectivity index is 1.78. The van der Waals surface area contributed by atoms with Gasteiger partial charge in [-0.2, -0.15) is 0 Å². The molecule has 0 unspecified atom stereocenters. The van der Waals surface area contributed by atoms with Crippen LogP contribution in [0.3, 0.4) is 0 Å². The van der Waals surface area contributed by atoms with Crippen molar-refractivity contribution in [2.24, 2.45) is 0 Å². The second-order valence-corrected chi connectivity index (χ2v) is 6.60. The number of amides is 2. The Bertz CT molecular complexity index is 788. The summed E-state index contributed by atoms with van der Waals surface area (Å²) in [5, 5.41) is 8.82. The van der Waals surface area contributed by atoms with Gasteiger partial charge in [-0.1, -0.05) is 17.7 Å². The van der Waals surface area contributed by atoms with Gasteiger partial charge < -0.3 is 20.7 Å². The van der Waals surface area contributed by atoms with Crippen LogP contribution in [0.4, 0.5) is 11.4 Å². The van der Waals surface area contributed by atoms with Crippen LogP contribution in [0.1, 0.15) is 34.8 Å². The molecule has 6 nitrogen and oxygen atoms in total. The number of rotatable bonds is 10. The molecule has 0 radical (unpaired) electrons. The Labute approximate surface area is 166 Å². The molecule has 6 heteroatoms. The predicted octanol–water partition coefficient (Wildman–Crippen LogP) is 3.51. The number of anilines is 2. The molecule has 0 heterocycles. The van der Waals surface area contributed by atoms with E-state index in [1.165, 1.54) is 5.56 Å². The first-order valence-corrected chi connectivity index (χ1v) is 9.56. The molecule has 2 aromatic carbocycles. The third-order valence-electron chi connectivity index (χ3n) is 4.21. The third kappa shape index (κ3) is 7.04. The minimum atomic E-state index is -0.145. The van der Waals surface area contributed by atoms with E-state index in [0.29, 0.717) is 31.0 Å². The molecular weight excluding hydrogens is 354 g/mol. The Morgan fingerprint density at radius 3 is 2.46 bits per heavy atom. The van der Waals surface area contributed by atoms with Gasteiger partial charge in [0.1, 0.15) is 0 Å². The number of carbonyl (C=O) groups excluding carboxylic acids is 2. The Kier molecular flexibility index (Phi) is 8.49. The van der Waals surface area contributed by atoms with E-state index in [1.807, 2.05) is 32.9 Å². The standard InChI is InChI=1S/C22H29N3O3/c1-4-28-13-5-12-23-22(27)18-7-9-19(10-8-18)25-21(26)15-24-20-11-6-16(2)14-17(20)3/h6-11,14,24H,4-5,12-13,15H2,1-3H3,(H,23,27)(H,25,26). The lowest BCUT2D eigenvalue weighted by Gasteiger charge is -2.11. The molecule has 3 N–H and O–H groups in total. The van der Waals surface area contributed by atoms with Gasteiger partial charge in [0.15, 0.2) is 0 Å². The normalized spacial score (nSPS) is 10.4. The molecule has 0 aliphatic carbocycles. The van der Waals surface area contributed by atoms with Crippen LogP contribution < -0.4 is 16.0 Å². The molecule has 0 aliphatic heterocycles. The Hall–Kier alpha value is -2.86. The Morgan fingerprint density at radius 2 is 1.79 bits per heavy atom. The summed E-state index contributed by atoms with van der Waals surface area (Å²) in [5.74, 6) is -0.279. The van der Waals surface area contributed by atoms with Crippen molar-refractivity contribution in [1.82, 2.24) is 5.32 Å². The fourth-order valence-electron chi connectivity index (χ4n) is 2.72. The van der Waals surface area contributed by atoms with E-state index >= 15 is 0 Å². The molecule has 0 saturated heterocycles. The molecule has 2 rings (SSSR count). The van der Waals surface area contributed by atoms with Crippen molar-refractivity contribution >= 4 is 23.2 Å². The van der Waals surface area contributed by atoms with Crippen LogP contribution in [0.2, 0.25) is 0 Å². The van der Waals surface area contributed by atoms with E-state index in [0.717, 1.165) is 17.7 Å². The van der Waals surface area contributed by atoms with Crippen LogP contribution >= 0.6 is 0 Å². The molecule has 0 atom stereocenters. The lowest BCUT2D eigenvalue weighted by Crippen LogP contribution is -2.25. The van der Waals surface area contributed by atoms with Crippen molar-refractivity contribution in [3.05, 3.63) is 59.2 Å². The molecule has 2 aromatic rings. The summed E-state index contributed by atoms with van der Waals surface area (Å²) in [7, 11) is 0. The van der Waals surface area contributed by atoms with E-state index in [-0.39, 0.29) is 18.4 Å². The van der Waals surface area contributed by atoms with Crippen molar-refractivity contribution in [2.75, 3.05) is 36.9 Å². The van der Waals surface area contributed by atoms with Crippen LogP contribution in [0.25, 0.3) is 0 Å². The number of hydrogen-bond donors (Lipinski definition) is 3. The van der Waals surface area contributed by atoms with Gasteiger partial charge in [0.25, 0.3) is 5.91 Å². The fourth-order valence-corrected chi connectivity index (χ4v) is 2.72. The smallest absolute Gasteiger partial charge is 0.251 e. The van der Waals surface area contributed by atoms with E-state index in [2.05, 4.69) is 22.0 Å². The first-order chi connectivity index (χ1) is 13.5. The van der Waals surface area contributed by atoms with Gasteiger partial charge in [-0.05, 0) is 63.1 Å². The topological polar surface area (TPSA) is 79.5 Å². The maximum atomic E-state index is 12.1. The second kappa shape index (κ2) is 11.1. The highest BCUT2D eigenvalue weighted by atomic mass is 16.5. The van der Waals surface area contributed by atoms with Crippen LogP contribution in [-0.4, -0.2) is 38.1 Å². The average Bonchev–Trinajstić information content (AvgIpc) is 2.67. The van der Waals surface area contributed by atoms with Crippen LogP contribution in [0, 0.1) is 13.8 Å². The van der Waals surface area contributed by atoms with Gasteiger partial charge in [0.05, 0.1) is 6.54 Å². The number of benzene rings is 2. The molecule has 150 valence electrons. The molecule has 0 fully saturated rings. The van der Waals surface area contributed by atoms with E-state index in [4.69, 9.17) is 4.74 Å². The summed E-state index contributed by atoms with van der Waals surface area (Å²) >= 11 is 0. The maximum Gasteiger partial charge on any atom is 0.251 e. The molecule has 0 aliphatic rings. The lowest BCUT2D eigenvalue weighted by molar-refractivity contribution is -0.114. The van der Waals surface area contributed by atoms with E-state index in [1.54, 1.807) is 24.3 Å². The van der Waals surface area contributed by atoms with E-state index in [9.17, 15) is 9.59 Å². The number of ether oxygens (including phenoxy) is 1. The summed E-state index contributed by atoms with van der Waals surface area (Å²) in [6, 6.07) is 12.9. The predicted molar refractivity (Wildman–Crippen MR) is 113 cm³/mol. The maximum absolute atomic E-state index is 12.1. The highest BCUT2D eigenvalue weighted by Crippen LogP contribution is 2.16. The van der Waals surface area contributed by atoms with Gasteiger partial charge in [0.2, 0.25) is 5.91 Å². The first kappa shape index (κ1) is 21.4. The van der Waals surface area contributed by atoms with Gasteiger partial charge in [-0.3, -0.25) is 9.59 Å². The number of aryl methyl sites for hydroxylation is 2. The lowest BCUT2D eigenvalue weighted by atomic mass is 10.1. The monoisotopic (exact) mass is 383 g/mol. The molecule has 2 amide bonds. The minimum Gasteiger partial charge on any atom is -0.382 e. The summed E-state index contributed by atoms with van der Waals surface area (Å²) in [6.45, 7) is 8.05. The zero-order valence-electron chi connectivity index (χ0n) is 16.8. The van der Waals surface area contributed by atoms with Crippen molar-refractivity contribution in [3.8, 4) is 0 Å². The van der Waals surface area contributed by atoms with Crippen LogP contribution in [0.5, 0.6) is 0 Å². The second-order valence-electron chi connectivity index (χ2n) is 6.60. The third-order valence-corrected chi connectivity index (χ3v) is 4.21. The summed E-state index contributed by atoms with van der Waals surface area (Å²) < 4.78 is 5.24. The van der Waals surface area contributed by atoms with Gasteiger partial charge in [-0.25, -0.2) is 0 Å². The van der Waals surface area contributed by atoms with Gasteiger partial charge >= 0.3 is 0 Å². The fraction of sp³-hybridized carbons (Fsp3) is 0.364. The number of carbonyl (C=O) groups is 2. The van der Waals surface area contributed by atoms with Crippen molar-refractivity contribution in [3.63, 3.8) is 0 Å². The molecule has 0 aromatic heterocycles. The average molecular weight is 383 g/mol. The van der Waals surface area contributed by atoms with E-state index < -0.39 is 0 Å². The van der Waals surface area contributed by atoms with Crippen LogP contribution in [0.15, 0.2) is 42.5 Å². The molecule has 28 heavy (non-hydrogen) atoms. The zero-order valence-corrected chi connectivity index (χ0v) is 16.8. The van der Waals surface area contributed by atoms with Gasteiger partial charge in [-0.15, -0.1) is 0 Å². The molecular formula is C22H29N3O3. The largest absolute Gasteiger partial charge is 0.382 e. The van der Waals surface area contributed by atoms with Crippen molar-refractivity contribution in [2.45, 2.75) is 27.2 Å². The van der Waals surface area contributed by atoms with Crippen LogP contribution in [-0.2, 0) is 9.53 Å². The minimum absolute atomic E-state index is 0.133. The molecule has 0 bridgehead atoms. The Morgan fingerprint density at radius 1 is 1.04 bits per heavy atom. The molecule has 0 saturated carbocycles. The van der Waals surface area contributed by atoms with Crippen molar-refractivity contribution < 1.29 is 14.3 Å². The molecule has 0 spiro atoms. The summed E-state index contributed by atoms with van der Waals surface area (Å²) in [5.41, 5.74) is 4.44. The number of nitrogens with one attached hydrogen (secondary N) is 3. The van der Waals surface area contributed by atoms with Crippen molar-refractivity contribution in [1.29, 1.82) is 0 Å². The highest BCUT2D eigenvalue weighted by molar-refractivity contribution is 5.96. The highest BCUT2D eigenvalue weighted by Gasteiger charge is 2.07. The zero-order chi connectivity index (χ0) is 20.4. The summed E-state index contributed by atoms with van der Waals surface area (Å²) in [4.78, 5) is 24.2. The summed E-state index contributed by atoms with van der Waals surface area (Å²) in [6.07, 6.45) is 0.779.